The van der Waals surface area contributed by atoms with E-state index in [9.17, 15) is 23.9 Å². The third kappa shape index (κ3) is 7.80. The molecular weight excluding hydrogens is 639 g/mol. The number of hydrogen-bond donors (Lipinski definition) is 3. The Kier molecular flexibility index (Phi) is 11.0. The Labute approximate surface area is 277 Å². The zero-order valence-corrected chi connectivity index (χ0v) is 27.6. The summed E-state index contributed by atoms with van der Waals surface area (Å²) in [6.07, 6.45) is -0.802. The van der Waals surface area contributed by atoms with E-state index in [1.807, 2.05) is 85.8 Å². The lowest BCUT2D eigenvalue weighted by Gasteiger charge is -2.37. The number of unbranched alkanes of at least 4 members (excludes halogenated alkanes) is 1. The number of rotatable bonds is 12. The van der Waals surface area contributed by atoms with Gasteiger partial charge in [0.1, 0.15) is 41.1 Å². The van der Waals surface area contributed by atoms with Gasteiger partial charge in [0.15, 0.2) is 0 Å². The van der Waals surface area contributed by atoms with Crippen molar-refractivity contribution in [2.45, 2.75) is 50.2 Å². The van der Waals surface area contributed by atoms with Crippen LogP contribution in [0.3, 0.4) is 0 Å². The van der Waals surface area contributed by atoms with Crippen LogP contribution in [0.15, 0.2) is 94.6 Å². The Morgan fingerprint density at radius 3 is 2.06 bits per heavy atom. The molecule has 1 aliphatic heterocycles. The van der Waals surface area contributed by atoms with Gasteiger partial charge in [0.25, 0.3) is 5.56 Å². The molecule has 252 valence electrons. The average Bonchev–Trinajstić information content (AvgIpc) is 3.47. The summed E-state index contributed by atoms with van der Waals surface area (Å²) in [5, 5.41) is 0. The third-order valence-corrected chi connectivity index (χ3v) is 8.51. The number of aromatic nitrogens is 2. The predicted molar refractivity (Wildman–Crippen MR) is 177 cm³/mol. The van der Waals surface area contributed by atoms with Crippen molar-refractivity contribution >= 4 is 7.82 Å². The Balaban J connectivity index is 1.57. The van der Waals surface area contributed by atoms with E-state index in [0.29, 0.717) is 17.9 Å². The van der Waals surface area contributed by atoms with Crippen molar-refractivity contribution in [2.24, 2.45) is 0 Å². The first-order chi connectivity index (χ1) is 23.1. The van der Waals surface area contributed by atoms with Crippen molar-refractivity contribution in [1.82, 2.24) is 9.55 Å². The first kappa shape index (κ1) is 34.9. The van der Waals surface area contributed by atoms with Crippen LogP contribution in [0.4, 0.5) is 0 Å². The summed E-state index contributed by atoms with van der Waals surface area (Å²) in [7, 11) is -1.86. The van der Waals surface area contributed by atoms with Crippen molar-refractivity contribution in [1.29, 1.82) is 0 Å². The number of phosphoric ester groups is 1. The van der Waals surface area contributed by atoms with E-state index in [4.69, 9.17) is 23.5 Å². The highest BCUT2D eigenvalue weighted by Crippen LogP contribution is 2.46. The molecule has 1 unspecified atom stereocenters. The fraction of sp³-hybridized carbons (Fsp3) is 0.314. The first-order valence-corrected chi connectivity index (χ1v) is 16.8. The van der Waals surface area contributed by atoms with E-state index in [-0.39, 0.29) is 18.6 Å². The molecule has 1 aliphatic rings. The monoisotopic (exact) mass is 676 g/mol. The van der Waals surface area contributed by atoms with Crippen LogP contribution in [0, 0.1) is 11.8 Å². The van der Waals surface area contributed by atoms with Crippen molar-refractivity contribution < 1.29 is 37.8 Å². The molecule has 4 aromatic rings. The highest BCUT2D eigenvalue weighted by molar-refractivity contribution is 7.46. The molecule has 0 spiro atoms. The maximum Gasteiger partial charge on any atom is 0.469 e. The second kappa shape index (κ2) is 15.2. The summed E-state index contributed by atoms with van der Waals surface area (Å²) < 4.78 is 42.4. The fourth-order valence-electron chi connectivity index (χ4n) is 5.66. The molecule has 0 aliphatic carbocycles. The van der Waals surface area contributed by atoms with Crippen LogP contribution in [0.2, 0.25) is 0 Å². The van der Waals surface area contributed by atoms with Crippen molar-refractivity contribution in [3.8, 4) is 23.3 Å². The van der Waals surface area contributed by atoms with E-state index in [2.05, 4.69) is 16.8 Å². The fourth-order valence-corrected chi connectivity index (χ4v) is 6.24. The quantitative estimate of drug-likeness (QED) is 0.111. The number of hydrogen-bond acceptors (Lipinski definition) is 8. The maximum absolute atomic E-state index is 12.9. The van der Waals surface area contributed by atoms with Gasteiger partial charge in [-0.15, -0.1) is 0 Å². The first-order valence-electron chi connectivity index (χ1n) is 15.3. The topological polar surface area (TPSA) is 159 Å². The van der Waals surface area contributed by atoms with Crippen LogP contribution in [0.5, 0.6) is 11.5 Å². The van der Waals surface area contributed by atoms with Crippen molar-refractivity contribution in [2.75, 3.05) is 20.8 Å². The van der Waals surface area contributed by atoms with Gasteiger partial charge in [-0.25, -0.2) is 9.36 Å². The average molecular weight is 677 g/mol. The molecule has 3 atom stereocenters. The smallest absolute Gasteiger partial charge is 0.469 e. The largest absolute Gasteiger partial charge is 0.497 e. The summed E-state index contributed by atoms with van der Waals surface area (Å²) in [6, 6.07) is 24.2. The molecule has 13 heteroatoms. The number of nitrogens with one attached hydrogen (secondary N) is 1. The van der Waals surface area contributed by atoms with Crippen molar-refractivity contribution in [3.05, 3.63) is 128 Å². The molecule has 1 aromatic heterocycles. The standard InChI is InChI=1S/C35H37N2O10P/c1-4-5-7-10-24-22-37(34(39)36-33(24)38)32-21-30(47-48(40,41)42)31(46-32)23-45-35(25-11-8-6-9-12-25,26-13-17-28(43-2)18-14-26)27-15-19-29(44-3)20-16-27/h6,8-9,11-20,22,30-32H,4-5,21,23H2,1-3H3,(H,36,38,39)(H2,40,41,42)/t30?,31-,32-/m0/s1. The van der Waals surface area contributed by atoms with Crippen LogP contribution in [-0.2, 0) is 24.2 Å². The molecule has 2 heterocycles. The molecule has 12 nitrogen and oxygen atoms in total. The Morgan fingerprint density at radius 1 is 0.938 bits per heavy atom. The highest BCUT2D eigenvalue weighted by atomic mass is 31.2. The van der Waals surface area contributed by atoms with Gasteiger partial charge in [0, 0.05) is 19.0 Å². The zero-order chi connectivity index (χ0) is 34.3. The molecule has 0 radical (unpaired) electrons. The SMILES string of the molecule is CCCC#Cc1cn([C@@H]2CC(OP(=O)(O)O)[C@H](COC(c3ccccc3)(c3ccc(OC)cc3)c3ccc(OC)cc3)O2)c(=O)[nH]c1=O. The summed E-state index contributed by atoms with van der Waals surface area (Å²) >= 11 is 0. The second-order valence-electron chi connectivity index (χ2n) is 11.1. The molecule has 0 saturated carbocycles. The number of methoxy groups -OCH3 is 2. The van der Waals surface area contributed by atoms with Gasteiger partial charge in [0.05, 0.1) is 20.8 Å². The van der Waals surface area contributed by atoms with Crippen molar-refractivity contribution in [3.63, 3.8) is 0 Å². The molecule has 5 rings (SSSR count). The van der Waals surface area contributed by atoms with Gasteiger partial charge in [-0.05, 0) is 47.4 Å². The number of ether oxygens (including phenoxy) is 4. The van der Waals surface area contributed by atoms with Gasteiger partial charge in [-0.1, -0.05) is 73.4 Å². The normalized spacial score (nSPS) is 17.8. The van der Waals surface area contributed by atoms with Crippen LogP contribution < -0.4 is 20.7 Å². The van der Waals surface area contributed by atoms with E-state index in [1.165, 1.54) is 6.20 Å². The van der Waals surface area contributed by atoms with Gasteiger partial charge >= 0.3 is 13.5 Å². The van der Waals surface area contributed by atoms with Crippen LogP contribution in [0.1, 0.15) is 54.7 Å². The number of nitrogens with zero attached hydrogens (tertiary/aromatic N) is 1. The Bertz CT molecular complexity index is 1860. The Hall–Kier alpha value is -4.47. The minimum absolute atomic E-state index is 0.0564. The van der Waals surface area contributed by atoms with E-state index >= 15 is 0 Å². The lowest BCUT2D eigenvalue weighted by Crippen LogP contribution is -2.38. The lowest BCUT2D eigenvalue weighted by atomic mass is 9.80. The molecule has 3 aromatic carbocycles. The minimum atomic E-state index is -5.01. The molecule has 48 heavy (non-hydrogen) atoms. The predicted octanol–water partition coefficient (Wildman–Crippen LogP) is 4.48. The number of phosphoric acid groups is 1. The number of benzene rings is 3. The van der Waals surface area contributed by atoms with E-state index in [0.717, 1.165) is 27.7 Å². The minimum Gasteiger partial charge on any atom is -0.497 e. The molecular formula is C35H37N2O10P. The molecule has 0 bridgehead atoms. The number of H-pyrrole nitrogens is 1. The van der Waals surface area contributed by atoms with Crippen LogP contribution in [0.25, 0.3) is 0 Å². The van der Waals surface area contributed by atoms with Crippen LogP contribution in [-0.4, -0.2) is 52.4 Å². The second-order valence-corrected chi connectivity index (χ2v) is 12.3. The molecule has 0 amide bonds. The van der Waals surface area contributed by atoms with Gasteiger partial charge < -0.3 is 28.7 Å². The molecule has 1 fully saturated rings. The van der Waals surface area contributed by atoms with Gasteiger partial charge in [-0.3, -0.25) is 18.9 Å². The lowest BCUT2D eigenvalue weighted by molar-refractivity contribution is -0.0934. The summed E-state index contributed by atoms with van der Waals surface area (Å²) in [4.78, 5) is 47.2. The zero-order valence-electron chi connectivity index (χ0n) is 26.7. The summed E-state index contributed by atoms with van der Waals surface area (Å²) in [5.41, 5.74) is -0.395. The van der Waals surface area contributed by atoms with Gasteiger partial charge in [0.2, 0.25) is 0 Å². The summed E-state index contributed by atoms with van der Waals surface area (Å²) in [5.74, 6) is 6.93. The van der Waals surface area contributed by atoms with Crippen LogP contribution >= 0.6 is 7.82 Å². The highest BCUT2D eigenvalue weighted by Gasteiger charge is 2.45. The van der Waals surface area contributed by atoms with Gasteiger partial charge in [-0.2, -0.15) is 0 Å². The van der Waals surface area contributed by atoms with E-state index in [1.54, 1.807) is 14.2 Å². The molecule has 3 N–H and O–H groups in total. The molecule has 1 saturated heterocycles. The maximum atomic E-state index is 12.9. The number of aromatic amines is 1. The Morgan fingerprint density at radius 2 is 1.52 bits per heavy atom. The third-order valence-electron chi connectivity index (χ3n) is 7.97. The van der Waals surface area contributed by atoms with E-state index < -0.39 is 43.1 Å². The summed E-state index contributed by atoms with van der Waals surface area (Å²) in [6.45, 7) is 1.72.